The Bertz CT molecular complexity index is 670. The minimum Gasteiger partial charge on any atom is -0.495 e. The number of carbonyl (C=O) groups is 1. The number of amides is 1. The van der Waals surface area contributed by atoms with Crippen LogP contribution in [0.2, 0.25) is 0 Å². The molecule has 23 heavy (non-hydrogen) atoms. The number of nitrogens with one attached hydrogen (secondary N) is 2. The van der Waals surface area contributed by atoms with Crippen LogP contribution in [-0.4, -0.2) is 26.1 Å². The number of carbonyl (C=O) groups excluding carboxylic acids is 1. The molecule has 0 saturated carbocycles. The number of rotatable bonds is 5. The summed E-state index contributed by atoms with van der Waals surface area (Å²) in [5.74, 6) is 0.752. The number of anilines is 1. The summed E-state index contributed by atoms with van der Waals surface area (Å²) in [6.07, 6.45) is 2.34. The molecule has 1 aliphatic rings. The molecule has 0 bridgehead atoms. The fourth-order valence-electron chi connectivity index (χ4n) is 3.28. The van der Waals surface area contributed by atoms with Gasteiger partial charge in [-0.15, -0.1) is 11.3 Å². The van der Waals surface area contributed by atoms with Crippen LogP contribution in [0.3, 0.4) is 0 Å². The van der Waals surface area contributed by atoms with E-state index in [0.29, 0.717) is 18.3 Å². The number of aryl methyl sites for hydroxylation is 1. The fraction of sp³-hybridized carbons (Fsp3) is 0.389. The second kappa shape index (κ2) is 7.15. The van der Waals surface area contributed by atoms with E-state index >= 15 is 0 Å². The van der Waals surface area contributed by atoms with Gasteiger partial charge >= 0.3 is 0 Å². The summed E-state index contributed by atoms with van der Waals surface area (Å²) < 4.78 is 5.33. The van der Waals surface area contributed by atoms with E-state index in [4.69, 9.17) is 4.74 Å². The molecule has 1 aliphatic heterocycles. The summed E-state index contributed by atoms with van der Waals surface area (Å²) in [6, 6.07) is 10.6. The number of thiophene rings is 1. The lowest BCUT2D eigenvalue weighted by atomic mass is 10.2. The number of methoxy groups -OCH3 is 1. The zero-order valence-corrected chi connectivity index (χ0v) is 14.4. The summed E-state index contributed by atoms with van der Waals surface area (Å²) in [6.45, 7) is 3.56. The SMILES string of the molecule is COc1ccc(C)cc1NC(=O)C[NH+]1CCC[C@@H]1c1cccs1. The summed E-state index contributed by atoms with van der Waals surface area (Å²) in [7, 11) is 1.62. The number of likely N-dealkylation sites (tertiary alicyclic amines) is 1. The van der Waals surface area contributed by atoms with Gasteiger partial charge in [0.2, 0.25) is 0 Å². The molecule has 4 nitrogen and oxygen atoms in total. The maximum Gasteiger partial charge on any atom is 0.279 e. The highest BCUT2D eigenvalue weighted by atomic mass is 32.1. The number of benzene rings is 1. The van der Waals surface area contributed by atoms with Crippen molar-refractivity contribution in [1.29, 1.82) is 0 Å². The zero-order chi connectivity index (χ0) is 16.2. The molecule has 2 heterocycles. The molecule has 1 amide bonds. The lowest BCUT2D eigenvalue weighted by Gasteiger charge is -2.20. The summed E-state index contributed by atoms with van der Waals surface area (Å²) in [4.78, 5) is 15.2. The highest BCUT2D eigenvalue weighted by molar-refractivity contribution is 7.10. The van der Waals surface area contributed by atoms with E-state index in [0.717, 1.165) is 24.2 Å². The predicted molar refractivity (Wildman–Crippen MR) is 93.4 cm³/mol. The van der Waals surface area contributed by atoms with Gasteiger partial charge in [0.1, 0.15) is 11.8 Å². The fourth-order valence-corrected chi connectivity index (χ4v) is 4.20. The van der Waals surface area contributed by atoms with E-state index in [1.54, 1.807) is 18.4 Å². The van der Waals surface area contributed by atoms with Crippen LogP contribution in [0.15, 0.2) is 35.7 Å². The molecule has 0 aliphatic carbocycles. The van der Waals surface area contributed by atoms with Gasteiger partial charge in [-0.25, -0.2) is 0 Å². The molecule has 1 unspecified atom stereocenters. The van der Waals surface area contributed by atoms with Crippen LogP contribution >= 0.6 is 11.3 Å². The molecule has 0 radical (unpaired) electrons. The Labute approximate surface area is 141 Å². The normalized spacial score (nSPS) is 20.4. The van der Waals surface area contributed by atoms with Gasteiger partial charge in [-0.3, -0.25) is 4.79 Å². The molecule has 2 atom stereocenters. The van der Waals surface area contributed by atoms with Crippen molar-refractivity contribution in [1.82, 2.24) is 0 Å². The van der Waals surface area contributed by atoms with Gasteiger partial charge in [-0.05, 0) is 36.1 Å². The van der Waals surface area contributed by atoms with Gasteiger partial charge in [0, 0.05) is 12.8 Å². The van der Waals surface area contributed by atoms with Gasteiger partial charge in [-0.2, -0.15) is 0 Å². The van der Waals surface area contributed by atoms with E-state index < -0.39 is 0 Å². The van der Waals surface area contributed by atoms with Crippen molar-refractivity contribution in [2.45, 2.75) is 25.8 Å². The maximum atomic E-state index is 12.5. The van der Waals surface area contributed by atoms with Crippen LogP contribution in [0.25, 0.3) is 0 Å². The van der Waals surface area contributed by atoms with Gasteiger partial charge in [0.05, 0.1) is 24.2 Å². The van der Waals surface area contributed by atoms with Crippen LogP contribution in [-0.2, 0) is 4.79 Å². The molecule has 3 rings (SSSR count). The zero-order valence-electron chi connectivity index (χ0n) is 13.6. The molecule has 1 saturated heterocycles. The Hall–Kier alpha value is -1.85. The summed E-state index contributed by atoms with van der Waals surface area (Å²) >= 11 is 1.79. The third-order valence-electron chi connectivity index (χ3n) is 4.39. The Morgan fingerprint density at radius 3 is 3.04 bits per heavy atom. The van der Waals surface area contributed by atoms with Crippen molar-refractivity contribution in [3.8, 4) is 5.75 Å². The quantitative estimate of drug-likeness (QED) is 0.884. The second-order valence-electron chi connectivity index (χ2n) is 6.05. The highest BCUT2D eigenvalue weighted by Crippen LogP contribution is 2.25. The Kier molecular flexibility index (Phi) is 4.98. The van der Waals surface area contributed by atoms with Gasteiger partial charge in [0.15, 0.2) is 6.54 Å². The first kappa shape index (κ1) is 16.0. The van der Waals surface area contributed by atoms with Crippen LogP contribution in [0, 0.1) is 6.92 Å². The van der Waals surface area contributed by atoms with E-state index in [1.165, 1.54) is 16.2 Å². The van der Waals surface area contributed by atoms with E-state index in [-0.39, 0.29) is 5.91 Å². The third-order valence-corrected chi connectivity index (χ3v) is 5.37. The monoisotopic (exact) mass is 331 g/mol. The molecule has 0 spiro atoms. The minimum atomic E-state index is 0.0485. The molecule has 2 aromatic rings. The van der Waals surface area contributed by atoms with Gasteiger partial charge in [0.25, 0.3) is 5.91 Å². The van der Waals surface area contributed by atoms with E-state index in [2.05, 4.69) is 22.8 Å². The largest absolute Gasteiger partial charge is 0.495 e. The molecular formula is C18H23N2O2S+. The number of hydrogen-bond donors (Lipinski definition) is 2. The molecular weight excluding hydrogens is 308 g/mol. The van der Waals surface area contributed by atoms with Crippen molar-refractivity contribution in [3.05, 3.63) is 46.2 Å². The lowest BCUT2D eigenvalue weighted by molar-refractivity contribution is -0.910. The second-order valence-corrected chi connectivity index (χ2v) is 7.03. The van der Waals surface area contributed by atoms with Crippen LogP contribution < -0.4 is 15.0 Å². The summed E-state index contributed by atoms with van der Waals surface area (Å²) in [5.41, 5.74) is 1.86. The maximum absolute atomic E-state index is 12.5. The van der Waals surface area contributed by atoms with Crippen LogP contribution in [0.1, 0.15) is 29.3 Å². The Balaban J connectivity index is 1.66. The number of hydrogen-bond acceptors (Lipinski definition) is 3. The molecule has 1 aromatic heterocycles. The molecule has 122 valence electrons. The summed E-state index contributed by atoms with van der Waals surface area (Å²) in [5, 5.41) is 5.13. The van der Waals surface area contributed by atoms with Crippen molar-refractivity contribution in [3.63, 3.8) is 0 Å². The first-order valence-corrected chi connectivity index (χ1v) is 8.88. The smallest absolute Gasteiger partial charge is 0.279 e. The first-order valence-electron chi connectivity index (χ1n) is 8.00. The Morgan fingerprint density at radius 2 is 2.30 bits per heavy atom. The van der Waals surface area contributed by atoms with Crippen LogP contribution in [0.4, 0.5) is 5.69 Å². The highest BCUT2D eigenvalue weighted by Gasteiger charge is 2.32. The van der Waals surface area contributed by atoms with Crippen molar-refractivity contribution in [2.24, 2.45) is 0 Å². The molecule has 5 heteroatoms. The average molecular weight is 331 g/mol. The van der Waals surface area contributed by atoms with Crippen molar-refractivity contribution < 1.29 is 14.4 Å². The van der Waals surface area contributed by atoms with E-state index in [1.807, 2.05) is 25.1 Å². The Morgan fingerprint density at radius 1 is 1.43 bits per heavy atom. The van der Waals surface area contributed by atoms with Gasteiger partial charge < -0.3 is 15.0 Å². The lowest BCUT2D eigenvalue weighted by Crippen LogP contribution is -3.11. The third kappa shape index (κ3) is 3.74. The molecule has 1 fully saturated rings. The topological polar surface area (TPSA) is 42.8 Å². The van der Waals surface area contributed by atoms with E-state index in [9.17, 15) is 4.79 Å². The molecule has 2 N–H and O–H groups in total. The van der Waals surface area contributed by atoms with Crippen LogP contribution in [0.5, 0.6) is 5.75 Å². The molecule has 1 aromatic carbocycles. The number of ether oxygens (including phenoxy) is 1. The number of quaternary nitrogens is 1. The van der Waals surface area contributed by atoms with Crippen molar-refractivity contribution >= 4 is 22.9 Å². The average Bonchev–Trinajstić information content (AvgIpc) is 3.18. The standard InChI is InChI=1S/C18H22N2O2S/c1-13-7-8-16(22-2)14(11-13)19-18(21)12-20-9-3-5-15(20)17-6-4-10-23-17/h4,6-8,10-11,15H,3,5,9,12H2,1-2H3,(H,19,21)/p+1/t15-/m1/s1. The van der Waals surface area contributed by atoms with Gasteiger partial charge in [-0.1, -0.05) is 12.1 Å². The minimum absolute atomic E-state index is 0.0485. The van der Waals surface area contributed by atoms with Crippen molar-refractivity contribution in [2.75, 3.05) is 25.5 Å². The first-order chi connectivity index (χ1) is 11.2. The predicted octanol–water partition coefficient (Wildman–Crippen LogP) is 2.42.